The summed E-state index contributed by atoms with van der Waals surface area (Å²) in [7, 11) is 0. The molecule has 0 aliphatic heterocycles. The van der Waals surface area contributed by atoms with Crippen molar-refractivity contribution < 1.29 is 9.18 Å². The molecule has 146 valence electrons. The first kappa shape index (κ1) is 18.9. The number of hydrogen-bond donors (Lipinski definition) is 2. The summed E-state index contributed by atoms with van der Waals surface area (Å²) in [6, 6.07) is 16.5. The van der Waals surface area contributed by atoms with Crippen molar-refractivity contribution in [3.8, 4) is 11.3 Å². The molecule has 2 amide bonds. The molecule has 0 radical (unpaired) electrons. The van der Waals surface area contributed by atoms with Crippen LogP contribution in [-0.2, 0) is 6.54 Å². The lowest BCUT2D eigenvalue weighted by atomic mass is 10.1. The van der Waals surface area contributed by atoms with Gasteiger partial charge >= 0.3 is 6.03 Å². The van der Waals surface area contributed by atoms with Crippen LogP contribution in [0, 0.1) is 12.7 Å². The molecule has 2 aromatic heterocycles. The Bertz CT molecular complexity index is 1170. The highest BCUT2D eigenvalue weighted by Gasteiger charge is 2.16. The first-order valence-corrected chi connectivity index (χ1v) is 9.29. The molecule has 0 aliphatic rings. The zero-order valence-corrected chi connectivity index (χ0v) is 16.2. The second kappa shape index (κ2) is 7.89. The zero-order valence-electron chi connectivity index (χ0n) is 15.5. The maximum Gasteiger partial charge on any atom is 0.319 e. The molecule has 4 aromatic rings. The summed E-state index contributed by atoms with van der Waals surface area (Å²) < 4.78 is 14.6. The van der Waals surface area contributed by atoms with Crippen molar-refractivity contribution in [2.75, 3.05) is 5.32 Å². The fraction of sp³-hybridized carbons (Fsp3) is 0.0952. The number of aromatic nitrogens is 3. The molecule has 0 saturated carbocycles. The Morgan fingerprint density at radius 1 is 1.07 bits per heavy atom. The zero-order chi connectivity index (χ0) is 20.4. The van der Waals surface area contributed by atoms with Crippen LogP contribution >= 0.6 is 11.6 Å². The van der Waals surface area contributed by atoms with E-state index < -0.39 is 6.03 Å². The molecule has 0 spiro atoms. The SMILES string of the molecule is Cc1ccc(-c2nc3ccc(Cl)nn3c2CNC(=O)Nc2ccc(F)cc2)cc1. The number of imidazole rings is 1. The van der Waals surface area contributed by atoms with Crippen molar-refractivity contribution in [1.82, 2.24) is 19.9 Å². The Balaban J connectivity index is 1.61. The van der Waals surface area contributed by atoms with Crippen LogP contribution in [0.4, 0.5) is 14.9 Å². The van der Waals surface area contributed by atoms with Crippen LogP contribution in [0.5, 0.6) is 0 Å². The van der Waals surface area contributed by atoms with Crippen LogP contribution in [0.1, 0.15) is 11.3 Å². The second-order valence-corrected chi connectivity index (χ2v) is 6.90. The number of anilines is 1. The van der Waals surface area contributed by atoms with E-state index in [0.717, 1.165) is 11.1 Å². The van der Waals surface area contributed by atoms with E-state index in [2.05, 4.69) is 20.7 Å². The van der Waals surface area contributed by atoms with E-state index in [1.807, 2.05) is 31.2 Å². The summed E-state index contributed by atoms with van der Waals surface area (Å²) in [5, 5.41) is 10.1. The Hall–Kier alpha value is -3.45. The third kappa shape index (κ3) is 4.20. The number of fused-ring (bicyclic) bond motifs is 1. The molecular formula is C21H17ClFN5O. The van der Waals surface area contributed by atoms with Crippen LogP contribution in [-0.4, -0.2) is 20.6 Å². The molecule has 0 fully saturated rings. The van der Waals surface area contributed by atoms with Gasteiger partial charge in [-0.2, -0.15) is 5.10 Å². The van der Waals surface area contributed by atoms with Gasteiger partial charge < -0.3 is 10.6 Å². The largest absolute Gasteiger partial charge is 0.332 e. The number of benzene rings is 2. The number of hydrogen-bond acceptors (Lipinski definition) is 3. The molecular weight excluding hydrogens is 393 g/mol. The van der Waals surface area contributed by atoms with E-state index in [1.54, 1.807) is 16.6 Å². The number of nitrogens with one attached hydrogen (secondary N) is 2. The van der Waals surface area contributed by atoms with Crippen LogP contribution < -0.4 is 10.6 Å². The van der Waals surface area contributed by atoms with Crippen LogP contribution in [0.15, 0.2) is 60.7 Å². The van der Waals surface area contributed by atoms with Gasteiger partial charge in [0.15, 0.2) is 5.65 Å². The third-order valence-corrected chi connectivity index (χ3v) is 4.58. The monoisotopic (exact) mass is 409 g/mol. The van der Waals surface area contributed by atoms with Gasteiger partial charge in [0, 0.05) is 11.3 Å². The van der Waals surface area contributed by atoms with Crippen molar-refractivity contribution in [3.05, 3.63) is 82.9 Å². The summed E-state index contributed by atoms with van der Waals surface area (Å²) in [6.45, 7) is 2.18. The van der Waals surface area contributed by atoms with Crippen molar-refractivity contribution in [2.45, 2.75) is 13.5 Å². The van der Waals surface area contributed by atoms with E-state index in [0.29, 0.717) is 27.9 Å². The summed E-state index contributed by atoms with van der Waals surface area (Å²) in [5.41, 5.74) is 4.56. The molecule has 4 rings (SSSR count). The molecule has 0 atom stereocenters. The Labute approximate surface area is 171 Å². The van der Waals surface area contributed by atoms with Gasteiger partial charge in [0.25, 0.3) is 0 Å². The van der Waals surface area contributed by atoms with Gasteiger partial charge in [0.05, 0.1) is 17.9 Å². The van der Waals surface area contributed by atoms with Gasteiger partial charge in [0.1, 0.15) is 11.0 Å². The third-order valence-electron chi connectivity index (χ3n) is 4.38. The molecule has 2 aromatic carbocycles. The van der Waals surface area contributed by atoms with Gasteiger partial charge in [-0.15, -0.1) is 0 Å². The standard InChI is InChI=1S/C21H17ClFN5O/c1-13-2-4-14(5-3-13)20-17(28-19(26-20)11-10-18(22)27-28)12-24-21(29)25-16-8-6-15(23)7-9-16/h2-11H,12H2,1H3,(H2,24,25,29). The Morgan fingerprint density at radius 2 is 1.79 bits per heavy atom. The van der Waals surface area contributed by atoms with Crippen LogP contribution in [0.3, 0.4) is 0 Å². The van der Waals surface area contributed by atoms with Gasteiger partial charge in [-0.3, -0.25) is 0 Å². The van der Waals surface area contributed by atoms with E-state index in [9.17, 15) is 9.18 Å². The van der Waals surface area contributed by atoms with E-state index in [1.165, 1.54) is 24.3 Å². The highest BCUT2D eigenvalue weighted by molar-refractivity contribution is 6.29. The topological polar surface area (TPSA) is 71.3 Å². The minimum absolute atomic E-state index is 0.171. The van der Waals surface area contributed by atoms with Gasteiger partial charge in [-0.05, 0) is 43.3 Å². The molecule has 0 aliphatic carbocycles. The quantitative estimate of drug-likeness (QED) is 0.507. The molecule has 6 nitrogen and oxygen atoms in total. The number of urea groups is 1. The average molecular weight is 410 g/mol. The number of amides is 2. The second-order valence-electron chi connectivity index (χ2n) is 6.51. The molecule has 2 N–H and O–H groups in total. The summed E-state index contributed by atoms with van der Waals surface area (Å²) in [5.74, 6) is -0.368. The van der Waals surface area contributed by atoms with Gasteiger partial charge in [-0.1, -0.05) is 41.4 Å². The number of rotatable bonds is 4. The molecule has 0 unspecified atom stereocenters. The smallest absolute Gasteiger partial charge is 0.319 e. The first-order valence-electron chi connectivity index (χ1n) is 8.91. The average Bonchev–Trinajstić information content (AvgIpc) is 3.06. The van der Waals surface area contributed by atoms with Crippen molar-refractivity contribution in [3.63, 3.8) is 0 Å². The van der Waals surface area contributed by atoms with Crippen LogP contribution in [0.2, 0.25) is 5.15 Å². The molecule has 29 heavy (non-hydrogen) atoms. The Morgan fingerprint density at radius 3 is 2.52 bits per heavy atom. The van der Waals surface area contributed by atoms with Crippen LogP contribution in [0.25, 0.3) is 16.9 Å². The molecule has 8 heteroatoms. The summed E-state index contributed by atoms with van der Waals surface area (Å²) in [6.07, 6.45) is 0. The summed E-state index contributed by atoms with van der Waals surface area (Å²) >= 11 is 6.06. The lowest BCUT2D eigenvalue weighted by molar-refractivity contribution is 0.251. The minimum atomic E-state index is -0.427. The first-order chi connectivity index (χ1) is 14.0. The number of aryl methyl sites for hydroxylation is 1. The van der Waals surface area contributed by atoms with Crippen molar-refractivity contribution in [1.29, 1.82) is 0 Å². The maximum atomic E-state index is 13.0. The number of nitrogens with zero attached hydrogens (tertiary/aromatic N) is 3. The van der Waals surface area contributed by atoms with E-state index >= 15 is 0 Å². The highest BCUT2D eigenvalue weighted by atomic mass is 35.5. The van der Waals surface area contributed by atoms with Crippen molar-refractivity contribution in [2.24, 2.45) is 0 Å². The maximum absolute atomic E-state index is 13.0. The number of carbonyl (C=O) groups excluding carboxylic acids is 1. The van der Waals surface area contributed by atoms with Gasteiger partial charge in [0.2, 0.25) is 0 Å². The lowest BCUT2D eigenvalue weighted by Crippen LogP contribution is -2.29. The lowest BCUT2D eigenvalue weighted by Gasteiger charge is -2.09. The fourth-order valence-corrected chi connectivity index (χ4v) is 3.07. The summed E-state index contributed by atoms with van der Waals surface area (Å²) in [4.78, 5) is 16.9. The Kier molecular flexibility index (Phi) is 5.14. The minimum Gasteiger partial charge on any atom is -0.332 e. The fourth-order valence-electron chi connectivity index (χ4n) is 2.93. The van der Waals surface area contributed by atoms with E-state index in [-0.39, 0.29) is 12.4 Å². The van der Waals surface area contributed by atoms with Gasteiger partial charge in [-0.25, -0.2) is 18.7 Å². The van der Waals surface area contributed by atoms with Crippen molar-refractivity contribution >= 4 is 29.0 Å². The van der Waals surface area contributed by atoms with E-state index in [4.69, 9.17) is 11.6 Å². The number of carbonyl (C=O) groups is 1. The normalized spacial score (nSPS) is 10.9. The molecule has 2 heterocycles. The number of halogens is 2. The predicted octanol–water partition coefficient (Wildman–Crippen LogP) is 4.82. The molecule has 0 bridgehead atoms. The molecule has 0 saturated heterocycles. The highest BCUT2D eigenvalue weighted by Crippen LogP contribution is 2.25. The predicted molar refractivity (Wildman–Crippen MR) is 110 cm³/mol.